The molecule has 0 spiro atoms. The number of rotatable bonds is 3. The van der Waals surface area contributed by atoms with Crippen molar-refractivity contribution in [3.8, 4) is 11.4 Å². The van der Waals surface area contributed by atoms with Gasteiger partial charge in [0.2, 0.25) is 0 Å². The van der Waals surface area contributed by atoms with Crippen LogP contribution in [0.5, 0.6) is 0 Å². The average molecular weight is 338 g/mol. The molecule has 0 saturated carbocycles. The number of fused-ring (bicyclic) bond motifs is 1. The number of nitrogens with one attached hydrogen (secondary N) is 2. The Morgan fingerprint density at radius 3 is 2.79 bits per heavy atom. The van der Waals surface area contributed by atoms with Crippen molar-refractivity contribution in [2.45, 2.75) is 0 Å². The standard InChI is InChI=1S/C18H12ClN3O2/c19-12-8-7-11(17-20-13-4-1-2-5-14(13)21-17)10-15(12)22-18(23)16-6-3-9-24-16/h1-10H,(H,20,21)(H,22,23). The number of hydrogen-bond acceptors (Lipinski definition) is 3. The van der Waals surface area contributed by atoms with Crippen LogP contribution in [0.3, 0.4) is 0 Å². The maximum absolute atomic E-state index is 12.1. The number of carbonyl (C=O) groups is 1. The summed E-state index contributed by atoms with van der Waals surface area (Å²) < 4.78 is 5.09. The van der Waals surface area contributed by atoms with Gasteiger partial charge in [0, 0.05) is 5.56 Å². The van der Waals surface area contributed by atoms with E-state index in [9.17, 15) is 4.79 Å². The number of aromatic nitrogens is 2. The second-order valence-corrected chi connectivity index (χ2v) is 5.64. The number of para-hydroxylation sites is 2. The van der Waals surface area contributed by atoms with Gasteiger partial charge in [-0.15, -0.1) is 0 Å². The minimum atomic E-state index is -0.358. The summed E-state index contributed by atoms with van der Waals surface area (Å²) in [6.45, 7) is 0. The lowest BCUT2D eigenvalue weighted by molar-refractivity contribution is 0.0996. The number of benzene rings is 2. The molecule has 4 aromatic rings. The predicted molar refractivity (Wildman–Crippen MR) is 93.2 cm³/mol. The Balaban J connectivity index is 1.69. The zero-order valence-corrected chi connectivity index (χ0v) is 13.2. The monoisotopic (exact) mass is 337 g/mol. The molecule has 118 valence electrons. The van der Waals surface area contributed by atoms with Crippen LogP contribution in [0.15, 0.2) is 65.3 Å². The molecule has 6 heteroatoms. The van der Waals surface area contributed by atoms with E-state index in [1.54, 1.807) is 24.3 Å². The third kappa shape index (κ3) is 2.66. The number of imidazole rings is 1. The number of hydrogen-bond donors (Lipinski definition) is 2. The lowest BCUT2D eigenvalue weighted by Gasteiger charge is -2.07. The van der Waals surface area contributed by atoms with Crippen molar-refractivity contribution in [1.29, 1.82) is 0 Å². The fraction of sp³-hybridized carbons (Fsp3) is 0. The van der Waals surface area contributed by atoms with Crippen LogP contribution in [0.2, 0.25) is 5.02 Å². The van der Waals surface area contributed by atoms with Gasteiger partial charge in [-0.2, -0.15) is 0 Å². The summed E-state index contributed by atoms with van der Waals surface area (Å²) in [6.07, 6.45) is 1.45. The topological polar surface area (TPSA) is 70.9 Å². The molecule has 4 rings (SSSR count). The molecule has 2 aromatic heterocycles. The number of carbonyl (C=O) groups excluding carboxylic acids is 1. The van der Waals surface area contributed by atoms with Crippen LogP contribution < -0.4 is 5.32 Å². The van der Waals surface area contributed by atoms with Gasteiger partial charge in [0.25, 0.3) is 5.91 Å². The summed E-state index contributed by atoms with van der Waals surface area (Å²) in [6, 6.07) is 16.4. The van der Waals surface area contributed by atoms with Gasteiger partial charge < -0.3 is 14.7 Å². The molecule has 5 nitrogen and oxygen atoms in total. The Morgan fingerprint density at radius 2 is 2.00 bits per heavy atom. The molecule has 0 aliphatic heterocycles. The molecule has 1 amide bonds. The van der Waals surface area contributed by atoms with Crippen molar-refractivity contribution in [3.63, 3.8) is 0 Å². The molecule has 0 unspecified atom stereocenters. The summed E-state index contributed by atoms with van der Waals surface area (Å²) in [5, 5.41) is 3.19. The first-order valence-electron chi connectivity index (χ1n) is 7.30. The van der Waals surface area contributed by atoms with E-state index < -0.39 is 0 Å². The molecule has 0 aliphatic carbocycles. The number of amides is 1. The van der Waals surface area contributed by atoms with E-state index in [0.29, 0.717) is 16.5 Å². The van der Waals surface area contributed by atoms with Crippen LogP contribution in [0.25, 0.3) is 22.4 Å². The number of aromatic amines is 1. The quantitative estimate of drug-likeness (QED) is 0.567. The molecule has 0 aliphatic rings. The van der Waals surface area contributed by atoms with Gasteiger partial charge >= 0.3 is 0 Å². The SMILES string of the molecule is O=C(Nc1cc(-c2nc3ccccc3[nH]2)ccc1Cl)c1ccco1. The van der Waals surface area contributed by atoms with Crippen LogP contribution in [0.1, 0.15) is 10.6 Å². The summed E-state index contributed by atoms with van der Waals surface area (Å²) in [5.74, 6) is 0.574. The number of halogens is 1. The van der Waals surface area contributed by atoms with Crippen molar-refractivity contribution in [2.75, 3.05) is 5.32 Å². The first-order chi connectivity index (χ1) is 11.7. The number of furan rings is 1. The van der Waals surface area contributed by atoms with Crippen molar-refractivity contribution in [2.24, 2.45) is 0 Å². The molecular weight excluding hydrogens is 326 g/mol. The summed E-state index contributed by atoms with van der Waals surface area (Å²) >= 11 is 6.19. The van der Waals surface area contributed by atoms with Crippen LogP contribution in [-0.2, 0) is 0 Å². The van der Waals surface area contributed by atoms with Gasteiger partial charge in [0.05, 0.1) is 28.0 Å². The fourth-order valence-corrected chi connectivity index (χ4v) is 2.61. The largest absolute Gasteiger partial charge is 0.459 e. The molecular formula is C18H12ClN3O2. The van der Waals surface area contributed by atoms with E-state index in [2.05, 4.69) is 15.3 Å². The van der Waals surface area contributed by atoms with Gasteiger partial charge in [-0.3, -0.25) is 4.79 Å². The van der Waals surface area contributed by atoms with Crippen molar-refractivity contribution < 1.29 is 9.21 Å². The molecule has 24 heavy (non-hydrogen) atoms. The third-order valence-corrected chi connectivity index (χ3v) is 3.95. The number of H-pyrrole nitrogens is 1. The van der Waals surface area contributed by atoms with E-state index in [0.717, 1.165) is 16.6 Å². The molecule has 0 radical (unpaired) electrons. The normalized spacial score (nSPS) is 10.9. The molecule has 0 atom stereocenters. The molecule has 2 N–H and O–H groups in total. The highest BCUT2D eigenvalue weighted by atomic mass is 35.5. The molecule has 0 saturated heterocycles. The second-order valence-electron chi connectivity index (χ2n) is 5.23. The average Bonchev–Trinajstić information content (AvgIpc) is 3.26. The van der Waals surface area contributed by atoms with Gasteiger partial charge in [-0.05, 0) is 42.5 Å². The zero-order valence-electron chi connectivity index (χ0n) is 12.4. The lowest BCUT2D eigenvalue weighted by atomic mass is 10.2. The van der Waals surface area contributed by atoms with Gasteiger partial charge in [-0.25, -0.2) is 4.98 Å². The minimum absolute atomic E-state index is 0.222. The third-order valence-electron chi connectivity index (χ3n) is 3.62. The van der Waals surface area contributed by atoms with Crippen LogP contribution in [0, 0.1) is 0 Å². The van der Waals surface area contributed by atoms with Gasteiger partial charge in [0.15, 0.2) is 5.76 Å². The van der Waals surface area contributed by atoms with E-state index in [1.807, 2.05) is 30.3 Å². The Morgan fingerprint density at radius 1 is 1.12 bits per heavy atom. The lowest BCUT2D eigenvalue weighted by Crippen LogP contribution is -2.11. The molecule has 2 heterocycles. The Hall–Kier alpha value is -3.05. The first kappa shape index (κ1) is 14.5. The highest BCUT2D eigenvalue weighted by Gasteiger charge is 2.13. The fourth-order valence-electron chi connectivity index (χ4n) is 2.45. The van der Waals surface area contributed by atoms with Gasteiger partial charge in [-0.1, -0.05) is 23.7 Å². The maximum atomic E-state index is 12.1. The van der Waals surface area contributed by atoms with Crippen molar-refractivity contribution in [1.82, 2.24) is 9.97 Å². The molecule has 0 fully saturated rings. The molecule has 0 bridgehead atoms. The first-order valence-corrected chi connectivity index (χ1v) is 7.68. The van der Waals surface area contributed by atoms with E-state index in [1.165, 1.54) is 6.26 Å². The molecule has 2 aromatic carbocycles. The summed E-state index contributed by atoms with van der Waals surface area (Å²) in [5.41, 5.74) is 3.15. The predicted octanol–water partition coefficient (Wildman–Crippen LogP) is 4.73. The van der Waals surface area contributed by atoms with Crippen LogP contribution in [-0.4, -0.2) is 15.9 Å². The zero-order chi connectivity index (χ0) is 16.5. The Labute approximate surface area is 142 Å². The maximum Gasteiger partial charge on any atom is 0.291 e. The highest BCUT2D eigenvalue weighted by molar-refractivity contribution is 6.34. The minimum Gasteiger partial charge on any atom is -0.459 e. The highest BCUT2D eigenvalue weighted by Crippen LogP contribution is 2.29. The summed E-state index contributed by atoms with van der Waals surface area (Å²) in [7, 11) is 0. The summed E-state index contributed by atoms with van der Waals surface area (Å²) in [4.78, 5) is 19.9. The van der Waals surface area contributed by atoms with E-state index in [4.69, 9.17) is 16.0 Å². The number of anilines is 1. The van der Waals surface area contributed by atoms with Gasteiger partial charge in [0.1, 0.15) is 5.82 Å². The van der Waals surface area contributed by atoms with Crippen LogP contribution in [0.4, 0.5) is 5.69 Å². The second kappa shape index (κ2) is 5.86. The number of nitrogens with zero attached hydrogens (tertiary/aromatic N) is 1. The van der Waals surface area contributed by atoms with Crippen LogP contribution >= 0.6 is 11.6 Å². The van der Waals surface area contributed by atoms with E-state index in [-0.39, 0.29) is 11.7 Å². The van der Waals surface area contributed by atoms with Crippen molar-refractivity contribution >= 4 is 34.2 Å². The Bertz CT molecular complexity index is 989. The Kier molecular flexibility index (Phi) is 3.55. The van der Waals surface area contributed by atoms with Crippen molar-refractivity contribution in [3.05, 3.63) is 71.6 Å². The van der Waals surface area contributed by atoms with E-state index >= 15 is 0 Å². The smallest absolute Gasteiger partial charge is 0.291 e.